The molecule has 0 saturated heterocycles. The van der Waals surface area contributed by atoms with Crippen LogP contribution in [0, 0.1) is 0 Å². The summed E-state index contributed by atoms with van der Waals surface area (Å²) in [4.78, 5) is 27.4. The number of aromatic hydroxyl groups is 1. The number of nitrogens with one attached hydrogen (secondary N) is 1. The standard InChI is InChI=1S/C19H20N2O6/c1-26-17(20-14-9-5-6-10-16(14)22)11-15(18(23)24)21-19(25)27-12-13-7-3-2-4-8-13/h2-10,15,22H,11-12H2,1H3,(H,21,25)(H,23,24). The molecule has 1 atom stereocenters. The third-order valence-corrected chi connectivity index (χ3v) is 3.54. The van der Waals surface area contributed by atoms with Gasteiger partial charge in [0.05, 0.1) is 13.5 Å². The molecule has 0 radical (unpaired) electrons. The smallest absolute Gasteiger partial charge is 0.408 e. The van der Waals surface area contributed by atoms with Crippen molar-refractivity contribution in [3.05, 3.63) is 60.2 Å². The third-order valence-electron chi connectivity index (χ3n) is 3.54. The minimum Gasteiger partial charge on any atom is -0.506 e. The number of nitrogens with zero attached hydrogens (tertiary/aromatic N) is 1. The van der Waals surface area contributed by atoms with Gasteiger partial charge in [-0.2, -0.15) is 0 Å². The van der Waals surface area contributed by atoms with Crippen LogP contribution in [0.3, 0.4) is 0 Å². The largest absolute Gasteiger partial charge is 0.506 e. The average molecular weight is 372 g/mol. The number of phenolic OH excluding ortho intramolecular Hbond substituents is 1. The summed E-state index contributed by atoms with van der Waals surface area (Å²) in [7, 11) is 1.32. The summed E-state index contributed by atoms with van der Waals surface area (Å²) < 4.78 is 10.1. The second kappa shape index (κ2) is 9.81. The number of carbonyl (C=O) groups excluding carboxylic acids is 1. The number of carbonyl (C=O) groups is 2. The van der Waals surface area contributed by atoms with E-state index in [1.807, 2.05) is 6.07 Å². The van der Waals surface area contributed by atoms with Gasteiger partial charge in [0.15, 0.2) is 5.90 Å². The number of para-hydroxylation sites is 2. The molecule has 1 amide bonds. The fourth-order valence-electron chi connectivity index (χ4n) is 2.15. The highest BCUT2D eigenvalue weighted by Crippen LogP contribution is 2.25. The number of aliphatic imine (C=N–C) groups is 1. The molecule has 0 heterocycles. The number of alkyl carbamates (subject to hydrolysis) is 1. The highest BCUT2D eigenvalue weighted by Gasteiger charge is 2.23. The monoisotopic (exact) mass is 372 g/mol. The summed E-state index contributed by atoms with van der Waals surface area (Å²) in [5.74, 6) is -1.31. The van der Waals surface area contributed by atoms with Gasteiger partial charge in [0, 0.05) is 0 Å². The molecule has 0 fully saturated rings. The van der Waals surface area contributed by atoms with E-state index in [4.69, 9.17) is 9.47 Å². The zero-order valence-electron chi connectivity index (χ0n) is 14.7. The van der Waals surface area contributed by atoms with E-state index in [0.717, 1.165) is 5.56 Å². The number of hydrogen-bond donors (Lipinski definition) is 3. The maximum Gasteiger partial charge on any atom is 0.408 e. The molecule has 0 aliphatic rings. The Balaban J connectivity index is 2.00. The molecule has 8 nitrogen and oxygen atoms in total. The Labute approximate surface area is 156 Å². The number of carboxylic acid groups (broad SMARTS) is 1. The minimum atomic E-state index is -1.31. The number of hydrogen-bond acceptors (Lipinski definition) is 6. The fraction of sp³-hybridized carbons (Fsp3) is 0.211. The van der Waals surface area contributed by atoms with Gasteiger partial charge in [-0.25, -0.2) is 14.6 Å². The Morgan fingerprint density at radius 2 is 1.78 bits per heavy atom. The van der Waals surface area contributed by atoms with Crippen molar-refractivity contribution >= 4 is 23.6 Å². The van der Waals surface area contributed by atoms with Crippen molar-refractivity contribution in [3.63, 3.8) is 0 Å². The average Bonchev–Trinajstić information content (AvgIpc) is 2.67. The van der Waals surface area contributed by atoms with Crippen LogP contribution in [0.25, 0.3) is 0 Å². The molecular weight excluding hydrogens is 352 g/mol. The van der Waals surface area contributed by atoms with Crippen molar-refractivity contribution in [1.82, 2.24) is 5.32 Å². The van der Waals surface area contributed by atoms with Crippen molar-refractivity contribution in [2.75, 3.05) is 7.11 Å². The first-order chi connectivity index (χ1) is 13.0. The van der Waals surface area contributed by atoms with Gasteiger partial charge in [0.2, 0.25) is 0 Å². The van der Waals surface area contributed by atoms with Gasteiger partial charge < -0.3 is 25.0 Å². The lowest BCUT2D eigenvalue weighted by atomic mass is 10.2. The maximum atomic E-state index is 11.9. The summed E-state index contributed by atoms with van der Waals surface area (Å²) in [6.07, 6.45) is -1.09. The lowest BCUT2D eigenvalue weighted by molar-refractivity contribution is -0.139. The Kier molecular flexibility index (Phi) is 7.18. The number of methoxy groups -OCH3 is 1. The van der Waals surface area contributed by atoms with Crippen LogP contribution in [0.2, 0.25) is 0 Å². The second-order valence-electron chi connectivity index (χ2n) is 5.50. The molecule has 27 heavy (non-hydrogen) atoms. The third kappa shape index (κ3) is 6.35. The first kappa shape index (κ1) is 19.8. The quantitative estimate of drug-likeness (QED) is 0.508. The van der Waals surface area contributed by atoms with E-state index >= 15 is 0 Å². The van der Waals surface area contributed by atoms with Gasteiger partial charge in [0.1, 0.15) is 24.1 Å². The molecule has 0 saturated carbocycles. The molecule has 8 heteroatoms. The van der Waals surface area contributed by atoms with Crippen molar-refractivity contribution < 1.29 is 29.3 Å². The maximum absolute atomic E-state index is 11.9. The number of amides is 1. The Morgan fingerprint density at radius 3 is 2.41 bits per heavy atom. The Morgan fingerprint density at radius 1 is 1.11 bits per heavy atom. The zero-order chi connectivity index (χ0) is 19.6. The van der Waals surface area contributed by atoms with Gasteiger partial charge >= 0.3 is 12.1 Å². The van der Waals surface area contributed by atoms with Crippen LogP contribution in [0.1, 0.15) is 12.0 Å². The summed E-state index contributed by atoms with van der Waals surface area (Å²) in [5, 5.41) is 21.4. The molecule has 0 aromatic heterocycles. The lowest BCUT2D eigenvalue weighted by Gasteiger charge is -2.15. The number of ether oxygens (including phenoxy) is 2. The van der Waals surface area contributed by atoms with Crippen molar-refractivity contribution in [3.8, 4) is 5.75 Å². The zero-order valence-corrected chi connectivity index (χ0v) is 14.7. The summed E-state index contributed by atoms with van der Waals surface area (Å²) in [6, 6.07) is 14.0. The van der Waals surface area contributed by atoms with Crippen LogP contribution in [0.4, 0.5) is 10.5 Å². The summed E-state index contributed by atoms with van der Waals surface area (Å²) in [6.45, 7) is 0.0160. The number of aliphatic carboxylic acids is 1. The summed E-state index contributed by atoms with van der Waals surface area (Å²) >= 11 is 0. The molecule has 0 spiro atoms. The molecule has 0 aliphatic heterocycles. The Bertz CT molecular complexity index is 807. The normalized spacial score (nSPS) is 12.1. The van der Waals surface area contributed by atoms with Crippen LogP contribution in [0.15, 0.2) is 59.6 Å². The molecule has 0 bridgehead atoms. The van der Waals surface area contributed by atoms with Crippen LogP contribution >= 0.6 is 0 Å². The van der Waals surface area contributed by atoms with E-state index < -0.39 is 18.1 Å². The topological polar surface area (TPSA) is 117 Å². The second-order valence-corrected chi connectivity index (χ2v) is 5.50. The molecule has 2 aromatic carbocycles. The van der Waals surface area contributed by atoms with Crippen LogP contribution < -0.4 is 5.32 Å². The number of phenols is 1. The molecule has 2 rings (SSSR count). The fourth-order valence-corrected chi connectivity index (χ4v) is 2.15. The van der Waals surface area contributed by atoms with Crippen LogP contribution in [-0.4, -0.2) is 41.3 Å². The number of carboxylic acids is 1. The molecular formula is C19H20N2O6. The van der Waals surface area contributed by atoms with Gasteiger partial charge in [-0.3, -0.25) is 0 Å². The lowest BCUT2D eigenvalue weighted by Crippen LogP contribution is -2.42. The minimum absolute atomic E-state index is 0.0160. The molecule has 142 valence electrons. The van der Waals surface area contributed by atoms with E-state index in [0.29, 0.717) is 0 Å². The van der Waals surface area contributed by atoms with Crippen molar-refractivity contribution in [2.45, 2.75) is 19.1 Å². The van der Waals surface area contributed by atoms with Gasteiger partial charge in [0.25, 0.3) is 0 Å². The molecule has 1 unspecified atom stereocenters. The first-order valence-electron chi connectivity index (χ1n) is 8.09. The first-order valence-corrected chi connectivity index (χ1v) is 8.09. The predicted molar refractivity (Wildman–Crippen MR) is 98.0 cm³/mol. The SMILES string of the molecule is COC(CC(NC(=O)OCc1ccccc1)C(=O)O)=Nc1ccccc1O. The molecule has 3 N–H and O–H groups in total. The van der Waals surface area contributed by atoms with E-state index in [1.54, 1.807) is 42.5 Å². The van der Waals surface area contributed by atoms with E-state index in [1.165, 1.54) is 13.2 Å². The highest BCUT2D eigenvalue weighted by molar-refractivity contribution is 5.88. The van der Waals surface area contributed by atoms with E-state index in [2.05, 4.69) is 10.3 Å². The van der Waals surface area contributed by atoms with Gasteiger partial charge in [-0.1, -0.05) is 42.5 Å². The van der Waals surface area contributed by atoms with E-state index in [9.17, 15) is 19.8 Å². The van der Waals surface area contributed by atoms with E-state index in [-0.39, 0.29) is 30.4 Å². The van der Waals surface area contributed by atoms with Crippen LogP contribution in [-0.2, 0) is 20.9 Å². The summed E-state index contributed by atoms with van der Waals surface area (Å²) in [5.41, 5.74) is 1.00. The van der Waals surface area contributed by atoms with Gasteiger partial charge in [-0.15, -0.1) is 0 Å². The Hall–Kier alpha value is -3.55. The molecule has 0 aliphatic carbocycles. The molecule has 2 aromatic rings. The number of benzene rings is 2. The number of rotatable bonds is 7. The predicted octanol–water partition coefficient (Wildman–Crippen LogP) is 2.84. The van der Waals surface area contributed by atoms with Crippen LogP contribution in [0.5, 0.6) is 5.75 Å². The van der Waals surface area contributed by atoms with Gasteiger partial charge in [-0.05, 0) is 17.7 Å². The highest BCUT2D eigenvalue weighted by atomic mass is 16.5. The van der Waals surface area contributed by atoms with Crippen molar-refractivity contribution in [1.29, 1.82) is 0 Å². The van der Waals surface area contributed by atoms with Crippen molar-refractivity contribution in [2.24, 2.45) is 4.99 Å².